The SMILES string of the molecule is COC(=O)C[C@H](CCC(=O)NC(c1ccccc1)(c1ccccc1)c1ccccc1)NC(=O)OC(C)(C)C. The van der Waals surface area contributed by atoms with Crippen LogP contribution in [0.4, 0.5) is 4.79 Å². The maximum atomic E-state index is 13.6. The van der Waals surface area contributed by atoms with Crippen molar-refractivity contribution >= 4 is 18.0 Å². The minimum absolute atomic E-state index is 0.0612. The first-order valence-corrected chi connectivity index (χ1v) is 12.7. The van der Waals surface area contributed by atoms with Crippen molar-refractivity contribution in [1.82, 2.24) is 10.6 Å². The van der Waals surface area contributed by atoms with Crippen LogP contribution in [-0.2, 0) is 24.6 Å². The molecule has 0 fully saturated rings. The van der Waals surface area contributed by atoms with Crippen LogP contribution < -0.4 is 10.6 Å². The fourth-order valence-electron chi connectivity index (χ4n) is 4.34. The summed E-state index contributed by atoms with van der Waals surface area (Å²) in [4.78, 5) is 38.0. The number of ether oxygens (including phenoxy) is 2. The molecule has 0 aliphatic carbocycles. The lowest BCUT2D eigenvalue weighted by molar-refractivity contribution is -0.141. The third-order valence-corrected chi connectivity index (χ3v) is 6.03. The standard InChI is InChI=1S/C31H36N2O5/c1-30(2,3)38-29(36)32-26(22-28(35)37-4)20-21-27(34)33-31(23-14-8-5-9-15-23,24-16-10-6-11-17-24)25-18-12-7-13-19-25/h5-19,26H,20-22H2,1-4H3,(H,32,36)(H,33,34)/t26-/m0/s1. The van der Waals surface area contributed by atoms with Gasteiger partial charge in [-0.2, -0.15) is 0 Å². The van der Waals surface area contributed by atoms with Gasteiger partial charge in [0, 0.05) is 12.5 Å². The smallest absolute Gasteiger partial charge is 0.407 e. The van der Waals surface area contributed by atoms with Crippen LogP contribution in [0.2, 0.25) is 0 Å². The minimum atomic E-state index is -0.947. The summed E-state index contributed by atoms with van der Waals surface area (Å²) >= 11 is 0. The lowest BCUT2D eigenvalue weighted by atomic mass is 9.77. The molecule has 3 aromatic rings. The molecule has 0 aliphatic rings. The Labute approximate surface area is 224 Å². The van der Waals surface area contributed by atoms with Gasteiger partial charge in [-0.3, -0.25) is 9.59 Å². The van der Waals surface area contributed by atoms with E-state index >= 15 is 0 Å². The van der Waals surface area contributed by atoms with Crippen LogP contribution >= 0.6 is 0 Å². The summed E-state index contributed by atoms with van der Waals surface area (Å²) in [6, 6.07) is 28.8. The zero-order valence-corrected chi connectivity index (χ0v) is 22.4. The van der Waals surface area contributed by atoms with Gasteiger partial charge in [0.2, 0.25) is 5.91 Å². The molecule has 0 aliphatic heterocycles. The molecule has 200 valence electrons. The third-order valence-electron chi connectivity index (χ3n) is 6.03. The maximum Gasteiger partial charge on any atom is 0.407 e. The minimum Gasteiger partial charge on any atom is -0.469 e. The second-order valence-corrected chi connectivity index (χ2v) is 10.1. The number of carbonyl (C=O) groups excluding carboxylic acids is 3. The van der Waals surface area contributed by atoms with Gasteiger partial charge in [0.1, 0.15) is 11.1 Å². The van der Waals surface area contributed by atoms with Crippen molar-refractivity contribution in [1.29, 1.82) is 0 Å². The van der Waals surface area contributed by atoms with E-state index in [9.17, 15) is 14.4 Å². The summed E-state index contributed by atoms with van der Waals surface area (Å²) in [5.74, 6) is -0.721. The van der Waals surface area contributed by atoms with Crippen molar-refractivity contribution in [2.45, 2.75) is 57.2 Å². The number of methoxy groups -OCH3 is 1. The van der Waals surface area contributed by atoms with E-state index in [0.29, 0.717) is 0 Å². The summed E-state index contributed by atoms with van der Waals surface area (Å²) < 4.78 is 10.1. The van der Waals surface area contributed by atoms with Crippen LogP contribution in [0.25, 0.3) is 0 Å². The molecule has 2 amide bonds. The molecule has 0 aromatic heterocycles. The van der Waals surface area contributed by atoms with E-state index in [1.165, 1.54) is 7.11 Å². The average Bonchev–Trinajstić information content (AvgIpc) is 2.90. The van der Waals surface area contributed by atoms with Gasteiger partial charge >= 0.3 is 12.1 Å². The zero-order valence-electron chi connectivity index (χ0n) is 22.4. The van der Waals surface area contributed by atoms with Crippen LogP contribution in [0.1, 0.15) is 56.7 Å². The molecule has 3 aromatic carbocycles. The third kappa shape index (κ3) is 7.68. The predicted octanol–water partition coefficient (Wildman–Crippen LogP) is 5.33. The maximum absolute atomic E-state index is 13.6. The highest BCUT2D eigenvalue weighted by molar-refractivity contribution is 5.79. The Morgan fingerprint density at radius 1 is 0.763 bits per heavy atom. The Bertz CT molecular complexity index is 1090. The Kier molecular flexibility index (Phi) is 9.66. The van der Waals surface area contributed by atoms with E-state index in [4.69, 9.17) is 9.47 Å². The highest BCUT2D eigenvalue weighted by Gasteiger charge is 2.38. The molecule has 0 saturated heterocycles. The van der Waals surface area contributed by atoms with Gasteiger partial charge in [-0.1, -0.05) is 91.0 Å². The first-order chi connectivity index (χ1) is 18.1. The molecule has 7 nitrogen and oxygen atoms in total. The van der Waals surface area contributed by atoms with Crippen LogP contribution in [-0.4, -0.2) is 36.7 Å². The highest BCUT2D eigenvalue weighted by atomic mass is 16.6. The number of esters is 1. The van der Waals surface area contributed by atoms with Crippen molar-refractivity contribution < 1.29 is 23.9 Å². The van der Waals surface area contributed by atoms with Crippen molar-refractivity contribution in [3.63, 3.8) is 0 Å². The molecule has 0 radical (unpaired) electrons. The van der Waals surface area contributed by atoms with Crippen molar-refractivity contribution in [3.8, 4) is 0 Å². The predicted molar refractivity (Wildman–Crippen MR) is 146 cm³/mol. The van der Waals surface area contributed by atoms with E-state index in [0.717, 1.165) is 16.7 Å². The summed E-state index contributed by atoms with van der Waals surface area (Å²) in [7, 11) is 1.29. The normalized spacial score (nSPS) is 12.2. The number of amides is 2. The van der Waals surface area contributed by atoms with Gasteiger partial charge in [0.25, 0.3) is 0 Å². The van der Waals surface area contributed by atoms with Gasteiger partial charge in [-0.25, -0.2) is 4.79 Å². The van der Waals surface area contributed by atoms with Crippen molar-refractivity contribution in [2.24, 2.45) is 0 Å². The second kappa shape index (κ2) is 12.9. The molecule has 0 saturated carbocycles. The number of rotatable bonds is 10. The number of hydrogen-bond acceptors (Lipinski definition) is 5. The number of alkyl carbamates (subject to hydrolysis) is 1. The zero-order chi connectivity index (χ0) is 27.6. The molecular formula is C31H36N2O5. The van der Waals surface area contributed by atoms with E-state index < -0.39 is 29.2 Å². The molecule has 0 unspecified atom stereocenters. The summed E-state index contributed by atoms with van der Waals surface area (Å²) in [6.45, 7) is 5.27. The quantitative estimate of drug-likeness (QED) is 0.281. The second-order valence-electron chi connectivity index (χ2n) is 10.1. The Balaban J connectivity index is 1.90. The number of hydrogen-bond donors (Lipinski definition) is 2. The summed E-state index contributed by atoms with van der Waals surface area (Å²) in [5.41, 5.74) is 1.08. The summed E-state index contributed by atoms with van der Waals surface area (Å²) in [5, 5.41) is 6.00. The fourth-order valence-corrected chi connectivity index (χ4v) is 4.34. The molecule has 0 heterocycles. The molecular weight excluding hydrogens is 480 g/mol. The molecule has 7 heteroatoms. The Morgan fingerprint density at radius 3 is 1.61 bits per heavy atom. The van der Waals surface area contributed by atoms with Crippen molar-refractivity contribution in [3.05, 3.63) is 108 Å². The molecule has 3 rings (SSSR count). The van der Waals surface area contributed by atoms with E-state index in [-0.39, 0.29) is 25.2 Å². The van der Waals surface area contributed by atoms with Gasteiger partial charge in [-0.15, -0.1) is 0 Å². The van der Waals surface area contributed by atoms with Crippen LogP contribution in [0.15, 0.2) is 91.0 Å². The lowest BCUT2D eigenvalue weighted by Gasteiger charge is -2.37. The largest absolute Gasteiger partial charge is 0.469 e. The topological polar surface area (TPSA) is 93.7 Å². The fraction of sp³-hybridized carbons (Fsp3) is 0.323. The molecule has 0 bridgehead atoms. The van der Waals surface area contributed by atoms with Gasteiger partial charge in [-0.05, 0) is 43.9 Å². The summed E-state index contributed by atoms with van der Waals surface area (Å²) in [6.07, 6.45) is -0.455. The first-order valence-electron chi connectivity index (χ1n) is 12.7. The Hall–Kier alpha value is -4.13. The lowest BCUT2D eigenvalue weighted by Crippen LogP contribution is -2.48. The first kappa shape index (κ1) is 28.4. The van der Waals surface area contributed by atoms with Crippen LogP contribution in [0, 0.1) is 0 Å². The van der Waals surface area contributed by atoms with Gasteiger partial charge in [0.05, 0.1) is 13.5 Å². The molecule has 1 atom stereocenters. The van der Waals surface area contributed by atoms with E-state index in [2.05, 4.69) is 10.6 Å². The van der Waals surface area contributed by atoms with Gasteiger partial charge in [0.15, 0.2) is 0 Å². The number of carbonyl (C=O) groups is 3. The average molecular weight is 517 g/mol. The Morgan fingerprint density at radius 2 is 1.21 bits per heavy atom. The molecule has 2 N–H and O–H groups in total. The monoisotopic (exact) mass is 516 g/mol. The highest BCUT2D eigenvalue weighted by Crippen LogP contribution is 2.37. The molecule has 38 heavy (non-hydrogen) atoms. The van der Waals surface area contributed by atoms with Crippen LogP contribution in [0.5, 0.6) is 0 Å². The van der Waals surface area contributed by atoms with Gasteiger partial charge < -0.3 is 20.1 Å². The number of nitrogens with one attached hydrogen (secondary N) is 2. The van der Waals surface area contributed by atoms with Crippen molar-refractivity contribution in [2.75, 3.05) is 7.11 Å². The molecule has 0 spiro atoms. The van der Waals surface area contributed by atoms with E-state index in [1.807, 2.05) is 91.0 Å². The number of benzene rings is 3. The van der Waals surface area contributed by atoms with Crippen LogP contribution in [0.3, 0.4) is 0 Å². The van der Waals surface area contributed by atoms with E-state index in [1.54, 1.807) is 20.8 Å².